The van der Waals surface area contributed by atoms with Gasteiger partial charge in [0.2, 0.25) is 5.91 Å². The van der Waals surface area contributed by atoms with E-state index in [0.717, 1.165) is 10.2 Å². The minimum absolute atomic E-state index is 0.126. The highest BCUT2D eigenvalue weighted by molar-refractivity contribution is 5.94. The van der Waals surface area contributed by atoms with E-state index in [4.69, 9.17) is 4.74 Å². The Morgan fingerprint density at radius 1 is 1.11 bits per heavy atom. The van der Waals surface area contributed by atoms with Crippen LogP contribution >= 0.6 is 0 Å². The first-order chi connectivity index (χ1) is 17.8. The van der Waals surface area contributed by atoms with Gasteiger partial charge in [0.25, 0.3) is 5.56 Å². The molecule has 2 aromatic carbocycles. The summed E-state index contributed by atoms with van der Waals surface area (Å²) in [6.45, 7) is 1.57. The number of carbonyl (C=O) groups is 1. The Hall–Kier alpha value is -4.54. The molecule has 0 unspecified atom stereocenters. The van der Waals surface area contributed by atoms with Crippen molar-refractivity contribution in [1.82, 2.24) is 14.8 Å². The number of nitrogens with zero attached hydrogens (tertiary/aromatic N) is 4. The van der Waals surface area contributed by atoms with Crippen molar-refractivity contribution in [3.05, 3.63) is 82.5 Å². The molecule has 0 N–H and O–H groups in total. The number of carbonyl (C=O) groups excluding carboxylic acids is 1. The van der Waals surface area contributed by atoms with E-state index in [1.807, 2.05) is 6.07 Å². The van der Waals surface area contributed by atoms with Crippen LogP contribution in [0, 0.1) is 0 Å². The molecule has 0 saturated heterocycles. The van der Waals surface area contributed by atoms with Gasteiger partial charge in [0.1, 0.15) is 12.3 Å². The Kier molecular flexibility index (Phi) is 6.20. The molecule has 37 heavy (non-hydrogen) atoms. The van der Waals surface area contributed by atoms with Gasteiger partial charge in [-0.2, -0.15) is 5.10 Å². The Morgan fingerprint density at radius 3 is 2.65 bits per heavy atom. The van der Waals surface area contributed by atoms with E-state index in [0.29, 0.717) is 34.3 Å². The third-order valence-electron chi connectivity index (χ3n) is 5.94. The fourth-order valence-electron chi connectivity index (χ4n) is 4.22. The average molecular weight is 508 g/mol. The first kappa shape index (κ1) is 24.2. The number of hydrogen-bond donors (Lipinski definition) is 0. The maximum atomic E-state index is 13.4. The van der Waals surface area contributed by atoms with Crippen LogP contribution in [0.15, 0.2) is 65.7 Å². The lowest BCUT2D eigenvalue weighted by Crippen LogP contribution is -2.37. The number of rotatable bonds is 7. The first-order valence-corrected chi connectivity index (χ1v) is 11.4. The van der Waals surface area contributed by atoms with E-state index in [1.165, 1.54) is 30.2 Å². The van der Waals surface area contributed by atoms with Crippen molar-refractivity contribution >= 4 is 22.4 Å². The van der Waals surface area contributed by atoms with Crippen molar-refractivity contribution in [2.24, 2.45) is 0 Å². The predicted molar refractivity (Wildman–Crippen MR) is 130 cm³/mol. The summed E-state index contributed by atoms with van der Waals surface area (Å²) < 4.78 is 42.2. The molecule has 0 atom stereocenters. The van der Waals surface area contributed by atoms with Crippen molar-refractivity contribution < 1.29 is 27.8 Å². The van der Waals surface area contributed by atoms with E-state index in [2.05, 4.69) is 19.6 Å². The largest absolute Gasteiger partial charge is 0.586 e. The highest BCUT2D eigenvalue weighted by atomic mass is 19.3. The summed E-state index contributed by atoms with van der Waals surface area (Å²) in [6.07, 6.45) is -0.00916. The Balaban J connectivity index is 1.50. The van der Waals surface area contributed by atoms with Crippen LogP contribution in [0.25, 0.3) is 10.8 Å². The second kappa shape index (κ2) is 9.49. The highest BCUT2D eigenvalue weighted by Gasteiger charge is 2.43. The fourth-order valence-corrected chi connectivity index (χ4v) is 4.22. The molecule has 5 rings (SSSR count). The molecule has 4 aromatic rings. The average Bonchev–Trinajstić information content (AvgIpc) is 3.20. The second-order valence-corrected chi connectivity index (χ2v) is 8.30. The van der Waals surface area contributed by atoms with Crippen molar-refractivity contribution in [2.75, 3.05) is 18.6 Å². The third-order valence-corrected chi connectivity index (χ3v) is 5.94. The van der Waals surface area contributed by atoms with E-state index in [9.17, 15) is 18.4 Å². The summed E-state index contributed by atoms with van der Waals surface area (Å²) in [5.74, 6) is -0.273. The predicted octanol–water partition coefficient (Wildman–Crippen LogP) is 3.77. The molecule has 1 aliphatic rings. The molecule has 11 heteroatoms. The molecule has 1 amide bonds. The number of likely N-dealkylation sites (N-methyl/N-ethyl adjacent to an activating group) is 1. The van der Waals surface area contributed by atoms with Gasteiger partial charge >= 0.3 is 6.29 Å². The zero-order valence-electron chi connectivity index (χ0n) is 20.0. The SMILES string of the molecule is CCN(C(=O)Cn1nc(Cc2cccnc2)c2ccc(OC)cc2c1=O)c1ccc2c(c1)OC(F)(F)O2. The number of pyridine rings is 1. The van der Waals surface area contributed by atoms with Crippen molar-refractivity contribution in [1.29, 1.82) is 0 Å². The van der Waals surface area contributed by atoms with Crippen LogP contribution in [-0.4, -0.2) is 40.6 Å². The molecule has 0 radical (unpaired) electrons. The number of alkyl halides is 2. The van der Waals surface area contributed by atoms with Gasteiger partial charge in [-0.05, 0) is 48.9 Å². The van der Waals surface area contributed by atoms with E-state index in [-0.39, 0.29) is 24.6 Å². The maximum absolute atomic E-state index is 13.4. The number of amides is 1. The summed E-state index contributed by atoms with van der Waals surface area (Å²) in [7, 11) is 1.50. The molecular formula is C26H22F2N4O5. The molecule has 0 saturated carbocycles. The molecular weight excluding hydrogens is 486 g/mol. The quantitative estimate of drug-likeness (QED) is 0.375. The van der Waals surface area contributed by atoms with E-state index in [1.54, 1.807) is 43.6 Å². The number of ether oxygens (including phenoxy) is 3. The van der Waals surface area contributed by atoms with Gasteiger partial charge in [-0.15, -0.1) is 8.78 Å². The minimum atomic E-state index is -3.77. The summed E-state index contributed by atoms with van der Waals surface area (Å²) in [4.78, 5) is 32.2. The lowest BCUT2D eigenvalue weighted by atomic mass is 10.1. The number of fused-ring (bicyclic) bond motifs is 2. The van der Waals surface area contributed by atoms with Crippen LogP contribution in [-0.2, 0) is 17.8 Å². The molecule has 9 nitrogen and oxygen atoms in total. The zero-order chi connectivity index (χ0) is 26.2. The molecule has 3 heterocycles. The Bertz CT molecular complexity index is 1540. The van der Waals surface area contributed by atoms with Crippen LogP contribution in [0.5, 0.6) is 17.2 Å². The molecule has 190 valence electrons. The van der Waals surface area contributed by atoms with Crippen molar-refractivity contribution in [2.45, 2.75) is 26.2 Å². The summed E-state index contributed by atoms with van der Waals surface area (Å²) in [5, 5.41) is 5.52. The number of halogens is 2. The van der Waals surface area contributed by atoms with Gasteiger partial charge < -0.3 is 19.1 Å². The normalized spacial score (nSPS) is 13.5. The van der Waals surface area contributed by atoms with Crippen LogP contribution in [0.1, 0.15) is 18.2 Å². The molecule has 0 bridgehead atoms. The van der Waals surface area contributed by atoms with Gasteiger partial charge in [-0.1, -0.05) is 6.07 Å². The Morgan fingerprint density at radius 2 is 1.92 bits per heavy atom. The van der Waals surface area contributed by atoms with Gasteiger partial charge in [0.15, 0.2) is 11.5 Å². The number of benzene rings is 2. The number of hydrogen-bond acceptors (Lipinski definition) is 7. The van der Waals surface area contributed by atoms with Gasteiger partial charge in [0.05, 0.1) is 18.2 Å². The smallest absolute Gasteiger partial charge is 0.497 e. The fraction of sp³-hybridized carbons (Fsp3) is 0.231. The zero-order valence-corrected chi connectivity index (χ0v) is 20.0. The van der Waals surface area contributed by atoms with Crippen LogP contribution in [0.4, 0.5) is 14.5 Å². The van der Waals surface area contributed by atoms with Gasteiger partial charge in [-0.25, -0.2) is 4.68 Å². The lowest BCUT2D eigenvalue weighted by Gasteiger charge is -2.22. The first-order valence-electron chi connectivity index (χ1n) is 11.4. The number of aromatic nitrogens is 3. The number of anilines is 1. The van der Waals surface area contributed by atoms with E-state index < -0.39 is 17.8 Å². The topological polar surface area (TPSA) is 95.8 Å². The molecule has 1 aliphatic heterocycles. The van der Waals surface area contributed by atoms with Gasteiger partial charge in [-0.3, -0.25) is 14.6 Å². The lowest BCUT2D eigenvalue weighted by molar-refractivity contribution is -0.286. The summed E-state index contributed by atoms with van der Waals surface area (Å²) >= 11 is 0. The second-order valence-electron chi connectivity index (χ2n) is 8.30. The monoisotopic (exact) mass is 508 g/mol. The summed E-state index contributed by atoms with van der Waals surface area (Å²) in [6, 6.07) is 12.9. The van der Waals surface area contributed by atoms with Crippen LogP contribution < -0.4 is 24.7 Å². The molecule has 0 aliphatic carbocycles. The van der Waals surface area contributed by atoms with Crippen LogP contribution in [0.2, 0.25) is 0 Å². The molecule has 0 spiro atoms. The third kappa shape index (κ3) is 4.80. The highest BCUT2D eigenvalue weighted by Crippen LogP contribution is 2.42. The minimum Gasteiger partial charge on any atom is -0.497 e. The number of methoxy groups -OCH3 is 1. The van der Waals surface area contributed by atoms with Crippen LogP contribution in [0.3, 0.4) is 0 Å². The van der Waals surface area contributed by atoms with E-state index >= 15 is 0 Å². The summed E-state index contributed by atoms with van der Waals surface area (Å²) in [5.41, 5.74) is 1.33. The molecule has 0 fully saturated rings. The maximum Gasteiger partial charge on any atom is 0.586 e. The molecule has 2 aromatic heterocycles. The van der Waals surface area contributed by atoms with Gasteiger partial charge in [0, 0.05) is 42.5 Å². The Labute approximate surface area is 209 Å². The van der Waals surface area contributed by atoms with Crippen molar-refractivity contribution in [3.63, 3.8) is 0 Å². The standard InChI is InChI=1S/C26H22F2N4O5/c1-3-31(17-6-9-22-23(12-17)37-26(27,28)36-22)24(33)15-32-25(34)20-13-18(35-2)7-8-19(20)21(30-32)11-16-5-4-10-29-14-16/h4-10,12-14H,3,11,15H2,1-2H3. The van der Waals surface area contributed by atoms with Crippen molar-refractivity contribution in [3.8, 4) is 17.2 Å².